The maximum atomic E-state index is 12.9. The van der Waals surface area contributed by atoms with Gasteiger partial charge in [0.05, 0.1) is 12.5 Å². The Kier molecular flexibility index (Phi) is 6.16. The van der Waals surface area contributed by atoms with Gasteiger partial charge in [-0.3, -0.25) is 4.79 Å². The lowest BCUT2D eigenvalue weighted by Gasteiger charge is -2.22. The number of carbonyl (C=O) groups is 1. The summed E-state index contributed by atoms with van der Waals surface area (Å²) < 4.78 is 5.82. The predicted molar refractivity (Wildman–Crippen MR) is 114 cm³/mol. The van der Waals surface area contributed by atoms with E-state index in [4.69, 9.17) is 4.42 Å². The summed E-state index contributed by atoms with van der Waals surface area (Å²) in [4.78, 5) is 14.6. The maximum Gasteiger partial charge on any atom is 0.247 e. The number of amides is 1. The number of benzene rings is 2. The van der Waals surface area contributed by atoms with E-state index in [2.05, 4.69) is 43.1 Å². The second kappa shape index (κ2) is 8.60. The first kappa shape index (κ1) is 20.8. The Hall–Kier alpha value is -2.95. The second-order valence-electron chi connectivity index (χ2n) is 8.39. The molecule has 3 aromatic rings. The topological polar surface area (TPSA) is 59.2 Å². The minimum atomic E-state index is -0.173. The van der Waals surface area contributed by atoms with Crippen molar-refractivity contribution in [1.82, 2.24) is 15.1 Å². The third-order valence-corrected chi connectivity index (χ3v) is 5.12. The van der Waals surface area contributed by atoms with Crippen LogP contribution in [0, 0.1) is 0 Å². The average Bonchev–Trinajstić information content (AvgIpc) is 3.17. The van der Waals surface area contributed by atoms with Crippen molar-refractivity contribution in [3.63, 3.8) is 0 Å². The highest BCUT2D eigenvalue weighted by Gasteiger charge is 2.23. The zero-order chi connectivity index (χ0) is 21.0. The van der Waals surface area contributed by atoms with Crippen LogP contribution in [-0.4, -0.2) is 28.1 Å². The Labute approximate surface area is 172 Å². The summed E-state index contributed by atoms with van der Waals surface area (Å²) in [7, 11) is 1.77. The summed E-state index contributed by atoms with van der Waals surface area (Å²) in [6.07, 6.45) is 0.738. The molecule has 1 heterocycles. The molecular weight excluding hydrogens is 362 g/mol. The molecule has 29 heavy (non-hydrogen) atoms. The molecule has 0 saturated carbocycles. The molecule has 5 nitrogen and oxygen atoms in total. The number of aromatic nitrogens is 2. The second-order valence-corrected chi connectivity index (χ2v) is 8.39. The molecule has 0 aliphatic carbocycles. The summed E-state index contributed by atoms with van der Waals surface area (Å²) in [6, 6.07) is 18.0. The zero-order valence-corrected chi connectivity index (χ0v) is 17.8. The van der Waals surface area contributed by atoms with Crippen molar-refractivity contribution in [2.24, 2.45) is 0 Å². The van der Waals surface area contributed by atoms with Gasteiger partial charge < -0.3 is 9.32 Å². The minimum Gasteiger partial charge on any atom is -0.419 e. The molecule has 5 heteroatoms. The van der Waals surface area contributed by atoms with E-state index in [1.807, 2.05) is 49.4 Å². The molecule has 0 aliphatic heterocycles. The van der Waals surface area contributed by atoms with Crippen molar-refractivity contribution < 1.29 is 9.21 Å². The van der Waals surface area contributed by atoms with Crippen LogP contribution in [0.5, 0.6) is 0 Å². The Morgan fingerprint density at radius 1 is 1.03 bits per heavy atom. The zero-order valence-electron chi connectivity index (χ0n) is 17.8. The van der Waals surface area contributed by atoms with Gasteiger partial charge in [-0.15, -0.1) is 10.2 Å². The summed E-state index contributed by atoms with van der Waals surface area (Å²) in [5.41, 5.74) is 3.24. The molecule has 0 radical (unpaired) electrons. The molecule has 0 saturated heterocycles. The van der Waals surface area contributed by atoms with Crippen LogP contribution in [0.4, 0.5) is 0 Å². The summed E-state index contributed by atoms with van der Waals surface area (Å²) in [5, 5.41) is 8.29. The van der Waals surface area contributed by atoms with Crippen molar-refractivity contribution in [2.75, 3.05) is 7.05 Å². The van der Waals surface area contributed by atoms with Crippen LogP contribution < -0.4 is 0 Å². The van der Waals surface area contributed by atoms with Crippen LogP contribution in [0.3, 0.4) is 0 Å². The Morgan fingerprint density at radius 3 is 2.28 bits per heavy atom. The van der Waals surface area contributed by atoms with E-state index in [0.717, 1.165) is 17.5 Å². The molecule has 1 amide bonds. The highest BCUT2D eigenvalue weighted by Crippen LogP contribution is 2.26. The van der Waals surface area contributed by atoms with Crippen molar-refractivity contribution >= 4 is 5.91 Å². The molecule has 152 valence electrons. The smallest absolute Gasteiger partial charge is 0.247 e. The van der Waals surface area contributed by atoms with Gasteiger partial charge >= 0.3 is 0 Å². The monoisotopic (exact) mass is 391 g/mol. The van der Waals surface area contributed by atoms with E-state index in [1.165, 1.54) is 5.56 Å². The van der Waals surface area contributed by atoms with E-state index in [1.54, 1.807) is 11.9 Å². The molecule has 3 rings (SSSR count). The molecule has 0 fully saturated rings. The Bertz CT molecular complexity index is 940. The molecule has 0 unspecified atom stereocenters. The van der Waals surface area contributed by atoms with Gasteiger partial charge in [0.15, 0.2) is 0 Å². The van der Waals surface area contributed by atoms with Crippen molar-refractivity contribution in [3.8, 4) is 11.5 Å². The van der Waals surface area contributed by atoms with Gasteiger partial charge in [0.25, 0.3) is 0 Å². The third kappa shape index (κ3) is 4.91. The highest BCUT2D eigenvalue weighted by atomic mass is 16.4. The molecular formula is C24H29N3O2. The van der Waals surface area contributed by atoms with Crippen LogP contribution in [-0.2, 0) is 16.8 Å². The molecule has 0 spiro atoms. The molecule has 0 bridgehead atoms. The first-order valence-corrected chi connectivity index (χ1v) is 10.0. The largest absolute Gasteiger partial charge is 0.419 e. The van der Waals surface area contributed by atoms with E-state index >= 15 is 0 Å². The molecule has 2 aromatic carbocycles. The van der Waals surface area contributed by atoms with Crippen LogP contribution in [0.2, 0.25) is 0 Å². The lowest BCUT2D eigenvalue weighted by Crippen LogP contribution is -2.31. The van der Waals surface area contributed by atoms with Crippen molar-refractivity contribution in [2.45, 2.75) is 52.0 Å². The molecule has 0 N–H and O–H groups in total. The highest BCUT2D eigenvalue weighted by molar-refractivity contribution is 5.83. The van der Waals surface area contributed by atoms with Crippen LogP contribution in [0.1, 0.15) is 57.1 Å². The predicted octanol–water partition coefficient (Wildman–Crippen LogP) is 5.19. The van der Waals surface area contributed by atoms with Crippen LogP contribution in [0.25, 0.3) is 11.5 Å². The van der Waals surface area contributed by atoms with E-state index < -0.39 is 0 Å². The number of nitrogens with zero attached hydrogens (tertiary/aromatic N) is 3. The van der Waals surface area contributed by atoms with E-state index in [-0.39, 0.29) is 23.8 Å². The lowest BCUT2D eigenvalue weighted by atomic mass is 9.87. The fourth-order valence-electron chi connectivity index (χ4n) is 3.33. The van der Waals surface area contributed by atoms with E-state index in [0.29, 0.717) is 11.8 Å². The summed E-state index contributed by atoms with van der Waals surface area (Å²) in [5.74, 6) is 0.775. The third-order valence-electron chi connectivity index (χ3n) is 5.12. The number of hydrogen-bond donors (Lipinski definition) is 0. The van der Waals surface area contributed by atoms with E-state index in [9.17, 15) is 4.79 Å². The fourth-order valence-corrected chi connectivity index (χ4v) is 3.33. The summed E-state index contributed by atoms with van der Waals surface area (Å²) in [6.45, 7) is 8.85. The van der Waals surface area contributed by atoms with Crippen LogP contribution in [0.15, 0.2) is 59.0 Å². The Balaban J connectivity index is 1.70. The first-order valence-electron chi connectivity index (χ1n) is 10.0. The van der Waals surface area contributed by atoms with Gasteiger partial charge in [-0.1, -0.05) is 70.2 Å². The van der Waals surface area contributed by atoms with Gasteiger partial charge in [0.2, 0.25) is 17.7 Å². The molecule has 1 aromatic heterocycles. The van der Waals surface area contributed by atoms with Gasteiger partial charge in [0, 0.05) is 12.6 Å². The number of rotatable bonds is 6. The van der Waals surface area contributed by atoms with Crippen molar-refractivity contribution in [1.29, 1.82) is 0 Å². The number of hydrogen-bond acceptors (Lipinski definition) is 4. The molecule has 1 atom stereocenters. The SMILES string of the molecule is CC[C@H](C(=O)N(C)Cc1nnc(-c2ccc(C(C)(C)C)cc2)o1)c1ccccc1. The number of likely N-dealkylation sites (N-methyl/N-ethyl adjacent to an activating group) is 1. The molecule has 0 aliphatic rings. The normalized spacial score (nSPS) is 12.6. The lowest BCUT2D eigenvalue weighted by molar-refractivity contribution is -0.132. The van der Waals surface area contributed by atoms with Gasteiger partial charge in [0.1, 0.15) is 0 Å². The van der Waals surface area contributed by atoms with Crippen molar-refractivity contribution in [3.05, 3.63) is 71.6 Å². The number of carbonyl (C=O) groups excluding carboxylic acids is 1. The van der Waals surface area contributed by atoms with Gasteiger partial charge in [-0.05, 0) is 35.1 Å². The standard InChI is InChI=1S/C24H29N3O2/c1-6-20(17-10-8-7-9-11-17)23(28)27(5)16-21-25-26-22(29-21)18-12-14-19(15-13-18)24(2,3)4/h7-15,20H,6,16H2,1-5H3/t20-/m0/s1. The minimum absolute atomic E-state index is 0.0491. The Morgan fingerprint density at radius 2 is 1.69 bits per heavy atom. The summed E-state index contributed by atoms with van der Waals surface area (Å²) >= 11 is 0. The maximum absolute atomic E-state index is 12.9. The quantitative estimate of drug-likeness (QED) is 0.580. The average molecular weight is 392 g/mol. The van der Waals surface area contributed by atoms with Crippen LogP contribution >= 0.6 is 0 Å². The fraction of sp³-hybridized carbons (Fsp3) is 0.375. The van der Waals surface area contributed by atoms with Gasteiger partial charge in [-0.2, -0.15) is 0 Å². The van der Waals surface area contributed by atoms with Gasteiger partial charge in [-0.25, -0.2) is 0 Å². The first-order chi connectivity index (χ1) is 13.8.